The first-order chi connectivity index (χ1) is 8.97. The smallest absolute Gasteiger partial charge is 0.315 e. The predicted molar refractivity (Wildman–Crippen MR) is 68.9 cm³/mol. The zero-order chi connectivity index (χ0) is 13.9. The van der Waals surface area contributed by atoms with Crippen molar-refractivity contribution in [3.63, 3.8) is 0 Å². The van der Waals surface area contributed by atoms with Gasteiger partial charge in [0.15, 0.2) is 0 Å². The van der Waals surface area contributed by atoms with Crippen LogP contribution in [-0.2, 0) is 6.54 Å². The second kappa shape index (κ2) is 5.92. The third-order valence-corrected chi connectivity index (χ3v) is 3.42. The summed E-state index contributed by atoms with van der Waals surface area (Å²) in [5, 5.41) is 2.87. The molecule has 1 saturated heterocycles. The van der Waals surface area contributed by atoms with Crippen LogP contribution in [0.3, 0.4) is 0 Å². The van der Waals surface area contributed by atoms with Crippen molar-refractivity contribution in [2.75, 3.05) is 19.6 Å². The quantitative estimate of drug-likeness (QED) is 0.890. The fraction of sp³-hybridized carbons (Fsp3) is 0.571. The van der Waals surface area contributed by atoms with Crippen LogP contribution < -0.4 is 5.32 Å². The molecule has 1 aliphatic rings. The molecule has 1 N–H and O–H groups in total. The number of benzene rings is 1. The van der Waals surface area contributed by atoms with Crippen molar-refractivity contribution in [3.05, 3.63) is 35.4 Å². The fourth-order valence-corrected chi connectivity index (χ4v) is 2.49. The largest absolute Gasteiger partial charge is 0.405 e. The lowest BCUT2D eigenvalue weighted by molar-refractivity contribution is -0.182. The van der Waals surface area contributed by atoms with Crippen LogP contribution >= 0.6 is 0 Å². The van der Waals surface area contributed by atoms with Crippen LogP contribution in [0.25, 0.3) is 0 Å². The van der Waals surface area contributed by atoms with Crippen LogP contribution in [0.5, 0.6) is 0 Å². The average molecular weight is 272 g/mol. The van der Waals surface area contributed by atoms with Gasteiger partial charge in [0.25, 0.3) is 0 Å². The molecule has 2 nitrogen and oxygen atoms in total. The van der Waals surface area contributed by atoms with Gasteiger partial charge >= 0.3 is 6.18 Å². The van der Waals surface area contributed by atoms with Gasteiger partial charge in [0, 0.05) is 19.6 Å². The lowest BCUT2D eigenvalue weighted by Crippen LogP contribution is -2.49. The first kappa shape index (κ1) is 14.3. The van der Waals surface area contributed by atoms with Crippen LogP contribution in [-0.4, -0.2) is 36.8 Å². The molecular formula is C14H19F3N2. The highest BCUT2D eigenvalue weighted by molar-refractivity contribution is 5.22. The summed E-state index contributed by atoms with van der Waals surface area (Å²) in [5.74, 6) is 0. The molecule has 1 atom stereocenters. The van der Waals surface area contributed by atoms with Gasteiger partial charge in [-0.3, -0.25) is 4.90 Å². The minimum atomic E-state index is -4.18. The van der Waals surface area contributed by atoms with Gasteiger partial charge in [-0.05, 0) is 25.5 Å². The molecule has 0 radical (unpaired) electrons. The molecule has 0 saturated carbocycles. The molecule has 1 aromatic carbocycles. The lowest BCUT2D eigenvalue weighted by Gasteiger charge is -2.31. The molecular weight excluding hydrogens is 253 g/mol. The number of aryl methyl sites for hydroxylation is 1. The lowest BCUT2D eigenvalue weighted by atomic mass is 10.1. The molecule has 1 aromatic rings. The van der Waals surface area contributed by atoms with Crippen molar-refractivity contribution in [2.24, 2.45) is 0 Å². The van der Waals surface area contributed by atoms with Crippen molar-refractivity contribution in [1.82, 2.24) is 10.2 Å². The van der Waals surface area contributed by atoms with Gasteiger partial charge in [-0.25, -0.2) is 0 Å². The van der Waals surface area contributed by atoms with E-state index in [1.165, 1.54) is 4.90 Å². The number of rotatable bonds is 2. The van der Waals surface area contributed by atoms with Crippen molar-refractivity contribution >= 4 is 0 Å². The molecule has 0 aliphatic carbocycles. The molecule has 0 bridgehead atoms. The van der Waals surface area contributed by atoms with E-state index in [0.29, 0.717) is 19.6 Å². The summed E-state index contributed by atoms with van der Waals surface area (Å²) >= 11 is 0. The van der Waals surface area contributed by atoms with Crippen molar-refractivity contribution in [3.8, 4) is 0 Å². The molecule has 0 amide bonds. The Hall–Kier alpha value is -1.07. The Labute approximate surface area is 111 Å². The average Bonchev–Trinajstić information content (AvgIpc) is 2.54. The number of nitrogens with one attached hydrogen (secondary N) is 1. The summed E-state index contributed by atoms with van der Waals surface area (Å²) in [5.41, 5.74) is 2.02. The van der Waals surface area contributed by atoms with Crippen LogP contribution in [0.1, 0.15) is 17.5 Å². The fourth-order valence-electron chi connectivity index (χ4n) is 2.49. The summed E-state index contributed by atoms with van der Waals surface area (Å²) in [7, 11) is 0. The van der Waals surface area contributed by atoms with E-state index in [1.54, 1.807) is 0 Å². The Balaban J connectivity index is 2.14. The van der Waals surface area contributed by atoms with Gasteiger partial charge in [-0.15, -0.1) is 0 Å². The molecule has 1 unspecified atom stereocenters. The molecule has 106 valence electrons. The molecule has 1 fully saturated rings. The van der Waals surface area contributed by atoms with E-state index in [0.717, 1.165) is 17.5 Å². The third kappa shape index (κ3) is 3.94. The van der Waals surface area contributed by atoms with Gasteiger partial charge in [0.1, 0.15) is 6.04 Å². The SMILES string of the molecule is Cc1cccc(CN2CCCNCC2C(F)(F)F)c1. The Kier molecular flexibility index (Phi) is 4.47. The van der Waals surface area contributed by atoms with Gasteiger partial charge in [0.05, 0.1) is 0 Å². The summed E-state index contributed by atoms with van der Waals surface area (Å²) < 4.78 is 39.2. The molecule has 2 rings (SSSR count). The van der Waals surface area contributed by atoms with Crippen molar-refractivity contribution < 1.29 is 13.2 Å². The standard InChI is InChI=1S/C14H19F3N2/c1-11-4-2-5-12(8-11)10-19-7-3-6-18-9-13(19)14(15,16)17/h2,4-5,8,13,18H,3,6-7,9-10H2,1H3. The first-order valence-electron chi connectivity index (χ1n) is 6.54. The van der Waals surface area contributed by atoms with Gasteiger partial charge in [0.2, 0.25) is 0 Å². The maximum absolute atomic E-state index is 13.1. The van der Waals surface area contributed by atoms with Crippen LogP contribution in [0.15, 0.2) is 24.3 Å². The normalized spacial score (nSPS) is 22.2. The van der Waals surface area contributed by atoms with E-state index < -0.39 is 12.2 Å². The highest BCUT2D eigenvalue weighted by atomic mass is 19.4. The van der Waals surface area contributed by atoms with Crippen molar-refractivity contribution in [1.29, 1.82) is 0 Å². The highest BCUT2D eigenvalue weighted by Gasteiger charge is 2.43. The second-order valence-electron chi connectivity index (χ2n) is 5.07. The number of hydrogen-bond acceptors (Lipinski definition) is 2. The first-order valence-corrected chi connectivity index (χ1v) is 6.54. The third-order valence-electron chi connectivity index (χ3n) is 3.42. The minimum absolute atomic E-state index is 0.0185. The number of nitrogens with zero attached hydrogens (tertiary/aromatic N) is 1. The topological polar surface area (TPSA) is 15.3 Å². The summed E-state index contributed by atoms with van der Waals surface area (Å²) in [6.45, 7) is 3.42. The van der Waals surface area contributed by atoms with Crippen LogP contribution in [0.4, 0.5) is 13.2 Å². The van der Waals surface area contributed by atoms with Gasteiger partial charge < -0.3 is 5.32 Å². The molecule has 0 spiro atoms. The Morgan fingerprint density at radius 1 is 1.37 bits per heavy atom. The number of halogens is 3. The molecule has 1 aliphatic heterocycles. The number of hydrogen-bond donors (Lipinski definition) is 1. The summed E-state index contributed by atoms with van der Waals surface area (Å²) in [4.78, 5) is 1.54. The van der Waals surface area contributed by atoms with E-state index in [4.69, 9.17) is 0 Å². The molecule has 1 heterocycles. The number of alkyl halides is 3. The second-order valence-corrected chi connectivity index (χ2v) is 5.07. The predicted octanol–water partition coefficient (Wildman–Crippen LogP) is 2.72. The van der Waals surface area contributed by atoms with Crippen LogP contribution in [0, 0.1) is 6.92 Å². The Morgan fingerprint density at radius 2 is 2.16 bits per heavy atom. The maximum atomic E-state index is 13.1. The Morgan fingerprint density at radius 3 is 2.84 bits per heavy atom. The molecule has 19 heavy (non-hydrogen) atoms. The minimum Gasteiger partial charge on any atom is -0.315 e. The van der Waals surface area contributed by atoms with E-state index in [-0.39, 0.29) is 6.54 Å². The monoisotopic (exact) mass is 272 g/mol. The van der Waals surface area contributed by atoms with Crippen LogP contribution in [0.2, 0.25) is 0 Å². The summed E-state index contributed by atoms with van der Waals surface area (Å²) in [6.07, 6.45) is -3.43. The molecule has 5 heteroatoms. The van der Waals surface area contributed by atoms with E-state index >= 15 is 0 Å². The Bertz CT molecular complexity index is 417. The molecule has 0 aromatic heterocycles. The summed E-state index contributed by atoms with van der Waals surface area (Å²) in [6, 6.07) is 6.29. The van der Waals surface area contributed by atoms with Gasteiger partial charge in [-0.1, -0.05) is 29.8 Å². The zero-order valence-corrected chi connectivity index (χ0v) is 11.0. The van der Waals surface area contributed by atoms with E-state index in [2.05, 4.69) is 5.32 Å². The van der Waals surface area contributed by atoms with E-state index in [1.807, 2.05) is 31.2 Å². The van der Waals surface area contributed by atoms with Crippen molar-refractivity contribution in [2.45, 2.75) is 32.1 Å². The zero-order valence-electron chi connectivity index (χ0n) is 11.0. The maximum Gasteiger partial charge on any atom is 0.405 e. The highest BCUT2D eigenvalue weighted by Crippen LogP contribution is 2.27. The van der Waals surface area contributed by atoms with Gasteiger partial charge in [-0.2, -0.15) is 13.2 Å². The van der Waals surface area contributed by atoms with E-state index in [9.17, 15) is 13.2 Å².